The van der Waals surface area contributed by atoms with Crippen LogP contribution in [0.5, 0.6) is 0 Å². The van der Waals surface area contributed by atoms with Crippen molar-refractivity contribution in [3.63, 3.8) is 0 Å². The Morgan fingerprint density at radius 3 is 2.00 bits per heavy atom. The second-order valence-corrected chi connectivity index (χ2v) is 4.97. The largest absolute Gasteiger partial charge is 0.232 e. The standard InChI is InChI=1S/C16H17N3/c1-9-6-10(2)13(5)16(12(9)4)14-7-11(3)18-15(8-17)19-14/h6-7H,1-5H3. The van der Waals surface area contributed by atoms with Crippen molar-refractivity contribution in [1.82, 2.24) is 9.97 Å². The lowest BCUT2D eigenvalue weighted by Gasteiger charge is -2.15. The fourth-order valence-electron chi connectivity index (χ4n) is 2.35. The molecule has 0 bridgehead atoms. The van der Waals surface area contributed by atoms with Crippen LogP contribution in [-0.2, 0) is 0 Å². The monoisotopic (exact) mass is 251 g/mol. The lowest BCUT2D eigenvalue weighted by Crippen LogP contribution is -2.00. The van der Waals surface area contributed by atoms with Crippen LogP contribution in [0, 0.1) is 45.9 Å². The first-order valence-electron chi connectivity index (χ1n) is 6.27. The first-order valence-corrected chi connectivity index (χ1v) is 6.27. The molecule has 0 unspecified atom stereocenters. The van der Waals surface area contributed by atoms with Gasteiger partial charge in [0, 0.05) is 11.3 Å². The van der Waals surface area contributed by atoms with E-state index in [1.165, 1.54) is 22.3 Å². The first-order chi connectivity index (χ1) is 8.93. The quantitative estimate of drug-likeness (QED) is 0.778. The number of nitriles is 1. The molecule has 0 fully saturated rings. The molecule has 2 rings (SSSR count). The number of nitrogens with zero attached hydrogens (tertiary/aromatic N) is 3. The summed E-state index contributed by atoms with van der Waals surface area (Å²) in [6.45, 7) is 10.3. The molecule has 3 heteroatoms. The second-order valence-electron chi connectivity index (χ2n) is 4.97. The van der Waals surface area contributed by atoms with Crippen LogP contribution in [0.2, 0.25) is 0 Å². The number of aromatic nitrogens is 2. The smallest absolute Gasteiger partial charge is 0.224 e. The van der Waals surface area contributed by atoms with Crippen molar-refractivity contribution < 1.29 is 0 Å². The Bertz CT molecular complexity index is 668. The Kier molecular flexibility index (Phi) is 3.35. The Balaban J connectivity index is 2.79. The molecule has 0 radical (unpaired) electrons. The van der Waals surface area contributed by atoms with Crippen LogP contribution in [0.1, 0.15) is 33.8 Å². The van der Waals surface area contributed by atoms with Crippen molar-refractivity contribution in [2.75, 3.05) is 0 Å². The molecule has 0 spiro atoms. The summed E-state index contributed by atoms with van der Waals surface area (Å²) in [5.74, 6) is 0.230. The van der Waals surface area contributed by atoms with Gasteiger partial charge >= 0.3 is 0 Å². The van der Waals surface area contributed by atoms with Crippen molar-refractivity contribution in [2.24, 2.45) is 0 Å². The van der Waals surface area contributed by atoms with Crippen LogP contribution in [-0.4, -0.2) is 9.97 Å². The van der Waals surface area contributed by atoms with E-state index in [-0.39, 0.29) is 5.82 Å². The minimum absolute atomic E-state index is 0.230. The Labute approximate surface area is 114 Å². The molecule has 0 saturated heterocycles. The number of rotatable bonds is 1. The van der Waals surface area contributed by atoms with E-state index >= 15 is 0 Å². The summed E-state index contributed by atoms with van der Waals surface area (Å²) < 4.78 is 0. The van der Waals surface area contributed by atoms with Gasteiger partial charge in [-0.15, -0.1) is 0 Å². The molecule has 1 aromatic heterocycles. The second kappa shape index (κ2) is 4.81. The molecule has 0 aliphatic carbocycles. The third-order valence-electron chi connectivity index (χ3n) is 3.58. The molecule has 1 heterocycles. The number of aryl methyl sites for hydroxylation is 3. The lowest BCUT2D eigenvalue weighted by molar-refractivity contribution is 1.06. The molecular formula is C16H17N3. The van der Waals surface area contributed by atoms with Crippen LogP contribution in [0.25, 0.3) is 11.3 Å². The maximum absolute atomic E-state index is 9.01. The van der Waals surface area contributed by atoms with Crippen molar-refractivity contribution >= 4 is 0 Å². The normalized spacial score (nSPS) is 10.3. The summed E-state index contributed by atoms with van der Waals surface area (Å²) in [6.07, 6.45) is 0. The molecule has 19 heavy (non-hydrogen) atoms. The van der Waals surface area contributed by atoms with Gasteiger partial charge in [-0.25, -0.2) is 9.97 Å². The Morgan fingerprint density at radius 1 is 0.895 bits per heavy atom. The molecular weight excluding hydrogens is 234 g/mol. The summed E-state index contributed by atoms with van der Waals surface area (Å²) in [7, 11) is 0. The third kappa shape index (κ3) is 2.34. The van der Waals surface area contributed by atoms with Gasteiger partial charge in [-0.05, 0) is 62.9 Å². The number of hydrogen-bond donors (Lipinski definition) is 0. The molecule has 0 aliphatic rings. The van der Waals surface area contributed by atoms with Gasteiger partial charge in [0.25, 0.3) is 0 Å². The van der Waals surface area contributed by atoms with Crippen LogP contribution in [0.15, 0.2) is 12.1 Å². The van der Waals surface area contributed by atoms with Gasteiger partial charge in [0.15, 0.2) is 0 Å². The summed E-state index contributed by atoms with van der Waals surface area (Å²) in [4.78, 5) is 8.46. The van der Waals surface area contributed by atoms with Gasteiger partial charge in [-0.3, -0.25) is 0 Å². The summed E-state index contributed by atoms with van der Waals surface area (Å²) in [5, 5.41) is 9.01. The van der Waals surface area contributed by atoms with Crippen LogP contribution >= 0.6 is 0 Å². The van der Waals surface area contributed by atoms with Crippen molar-refractivity contribution in [3.8, 4) is 17.3 Å². The van der Waals surface area contributed by atoms with E-state index in [9.17, 15) is 0 Å². The molecule has 2 aromatic rings. The summed E-state index contributed by atoms with van der Waals surface area (Å²) in [6, 6.07) is 6.15. The van der Waals surface area contributed by atoms with E-state index in [1.54, 1.807) is 0 Å². The predicted molar refractivity (Wildman–Crippen MR) is 75.9 cm³/mol. The van der Waals surface area contributed by atoms with E-state index in [0.717, 1.165) is 17.0 Å². The van der Waals surface area contributed by atoms with Gasteiger partial charge in [-0.1, -0.05) is 6.07 Å². The minimum atomic E-state index is 0.230. The Hall–Kier alpha value is -2.21. The Morgan fingerprint density at radius 2 is 1.47 bits per heavy atom. The maximum Gasteiger partial charge on any atom is 0.232 e. The SMILES string of the molecule is Cc1cc(-c2c(C)c(C)cc(C)c2C)nc(C#N)n1. The van der Waals surface area contributed by atoms with Gasteiger partial charge in [-0.2, -0.15) is 5.26 Å². The highest BCUT2D eigenvalue weighted by Gasteiger charge is 2.13. The van der Waals surface area contributed by atoms with Crippen molar-refractivity contribution in [2.45, 2.75) is 34.6 Å². The topological polar surface area (TPSA) is 49.6 Å². The highest BCUT2D eigenvalue weighted by Crippen LogP contribution is 2.30. The zero-order valence-corrected chi connectivity index (χ0v) is 12.0. The maximum atomic E-state index is 9.01. The average Bonchev–Trinajstić information content (AvgIpc) is 2.36. The van der Waals surface area contributed by atoms with Gasteiger partial charge in [0.05, 0.1) is 5.69 Å². The van der Waals surface area contributed by atoms with Crippen molar-refractivity contribution in [3.05, 3.63) is 45.9 Å². The fourth-order valence-corrected chi connectivity index (χ4v) is 2.35. The molecule has 96 valence electrons. The van der Waals surface area contributed by atoms with Gasteiger partial charge < -0.3 is 0 Å². The fraction of sp³-hybridized carbons (Fsp3) is 0.312. The summed E-state index contributed by atoms with van der Waals surface area (Å²) >= 11 is 0. The number of benzene rings is 1. The van der Waals surface area contributed by atoms with E-state index in [0.29, 0.717) is 0 Å². The van der Waals surface area contributed by atoms with E-state index in [4.69, 9.17) is 5.26 Å². The molecule has 0 saturated carbocycles. The molecule has 0 aliphatic heterocycles. The minimum Gasteiger partial charge on any atom is -0.224 e. The van der Waals surface area contributed by atoms with Crippen LogP contribution in [0.4, 0.5) is 0 Å². The third-order valence-corrected chi connectivity index (χ3v) is 3.58. The highest BCUT2D eigenvalue weighted by molar-refractivity contribution is 5.71. The lowest BCUT2D eigenvalue weighted by atomic mass is 9.92. The zero-order valence-electron chi connectivity index (χ0n) is 12.0. The van der Waals surface area contributed by atoms with E-state index < -0.39 is 0 Å². The van der Waals surface area contributed by atoms with E-state index in [2.05, 4.69) is 43.7 Å². The highest BCUT2D eigenvalue weighted by atomic mass is 14.9. The van der Waals surface area contributed by atoms with Gasteiger partial charge in [0.2, 0.25) is 5.82 Å². The van der Waals surface area contributed by atoms with E-state index in [1.807, 2.05) is 19.1 Å². The first kappa shape index (κ1) is 13.2. The summed E-state index contributed by atoms with van der Waals surface area (Å²) in [5.41, 5.74) is 7.70. The van der Waals surface area contributed by atoms with Gasteiger partial charge in [0.1, 0.15) is 6.07 Å². The molecule has 0 amide bonds. The molecule has 1 aromatic carbocycles. The zero-order chi connectivity index (χ0) is 14.2. The molecule has 3 nitrogen and oxygen atoms in total. The van der Waals surface area contributed by atoms with Crippen molar-refractivity contribution in [1.29, 1.82) is 5.26 Å². The molecule has 0 atom stereocenters. The average molecular weight is 251 g/mol. The van der Waals surface area contributed by atoms with Crippen LogP contribution in [0.3, 0.4) is 0 Å². The van der Waals surface area contributed by atoms with Crippen LogP contribution < -0.4 is 0 Å². The number of hydrogen-bond acceptors (Lipinski definition) is 3. The predicted octanol–water partition coefficient (Wildman–Crippen LogP) is 3.56. The molecule has 0 N–H and O–H groups in total.